The van der Waals surface area contributed by atoms with Gasteiger partial charge in [-0.2, -0.15) is 0 Å². The highest BCUT2D eigenvalue weighted by atomic mass is 14.4. The summed E-state index contributed by atoms with van der Waals surface area (Å²) in [6.07, 6.45) is 5.93. The minimum Gasteiger partial charge on any atom is -0.0767 e. The Hall–Kier alpha value is -0.260. The summed E-state index contributed by atoms with van der Waals surface area (Å²) in [6, 6.07) is 0. The van der Waals surface area contributed by atoms with Gasteiger partial charge in [0.2, 0.25) is 0 Å². The van der Waals surface area contributed by atoms with Gasteiger partial charge in [-0.15, -0.1) is 0 Å². The first kappa shape index (κ1) is 6.45. The van der Waals surface area contributed by atoms with E-state index < -0.39 is 0 Å². The molecule has 0 saturated heterocycles. The standard InChI is InChI=1S/C10H16/c1-7(2)10(8-3-4-8)9-5-6-9/h8-9H,3-6H2,1-2H3. The molecule has 0 spiro atoms. The Morgan fingerprint density at radius 3 is 1.50 bits per heavy atom. The molecule has 0 heteroatoms. The first-order valence-corrected chi connectivity index (χ1v) is 4.46. The predicted octanol–water partition coefficient (Wildman–Crippen LogP) is 3.14. The van der Waals surface area contributed by atoms with Gasteiger partial charge in [0, 0.05) is 0 Å². The molecule has 2 fully saturated rings. The van der Waals surface area contributed by atoms with E-state index in [0.29, 0.717) is 0 Å². The fraction of sp³-hybridized carbons (Fsp3) is 0.800. The van der Waals surface area contributed by atoms with Crippen LogP contribution < -0.4 is 0 Å². The second kappa shape index (κ2) is 2.11. The molecule has 0 atom stereocenters. The molecule has 10 heavy (non-hydrogen) atoms. The number of hydrogen-bond donors (Lipinski definition) is 0. The first-order valence-electron chi connectivity index (χ1n) is 4.46. The molecule has 2 aliphatic rings. The molecule has 0 radical (unpaired) electrons. The minimum absolute atomic E-state index is 1.03. The molecular formula is C10H16. The number of hydrogen-bond acceptors (Lipinski definition) is 0. The lowest BCUT2D eigenvalue weighted by atomic mass is 10.0. The van der Waals surface area contributed by atoms with Crippen molar-refractivity contribution in [3.05, 3.63) is 11.1 Å². The van der Waals surface area contributed by atoms with E-state index in [0.717, 1.165) is 11.8 Å². The van der Waals surface area contributed by atoms with Crippen molar-refractivity contribution < 1.29 is 0 Å². The van der Waals surface area contributed by atoms with E-state index >= 15 is 0 Å². The predicted molar refractivity (Wildman–Crippen MR) is 43.8 cm³/mol. The van der Waals surface area contributed by atoms with E-state index in [4.69, 9.17) is 0 Å². The van der Waals surface area contributed by atoms with Gasteiger partial charge >= 0.3 is 0 Å². The van der Waals surface area contributed by atoms with Crippen molar-refractivity contribution in [1.82, 2.24) is 0 Å². The highest BCUT2D eigenvalue weighted by Crippen LogP contribution is 2.49. The average molecular weight is 136 g/mol. The van der Waals surface area contributed by atoms with E-state index in [1.165, 1.54) is 25.7 Å². The molecule has 0 N–H and O–H groups in total. The summed E-state index contributed by atoms with van der Waals surface area (Å²) < 4.78 is 0. The minimum atomic E-state index is 1.03. The van der Waals surface area contributed by atoms with Crippen LogP contribution in [0.15, 0.2) is 11.1 Å². The van der Waals surface area contributed by atoms with Gasteiger partial charge in [0.15, 0.2) is 0 Å². The molecular weight excluding hydrogens is 120 g/mol. The SMILES string of the molecule is CC(C)=C(C1CC1)C1CC1. The van der Waals surface area contributed by atoms with Gasteiger partial charge < -0.3 is 0 Å². The maximum Gasteiger partial charge on any atom is -0.0198 e. The van der Waals surface area contributed by atoms with Crippen molar-refractivity contribution in [3.8, 4) is 0 Å². The van der Waals surface area contributed by atoms with Crippen molar-refractivity contribution in [3.63, 3.8) is 0 Å². The van der Waals surface area contributed by atoms with E-state index in [1.807, 2.05) is 5.57 Å². The van der Waals surface area contributed by atoms with E-state index in [-0.39, 0.29) is 0 Å². The van der Waals surface area contributed by atoms with Gasteiger partial charge in [-0.25, -0.2) is 0 Å². The molecule has 0 aromatic heterocycles. The van der Waals surface area contributed by atoms with Crippen molar-refractivity contribution in [2.75, 3.05) is 0 Å². The smallest absolute Gasteiger partial charge is 0.0198 e. The van der Waals surface area contributed by atoms with Crippen LogP contribution in [0.25, 0.3) is 0 Å². The van der Waals surface area contributed by atoms with Gasteiger partial charge in [0.25, 0.3) is 0 Å². The van der Waals surface area contributed by atoms with Crippen molar-refractivity contribution >= 4 is 0 Å². The molecule has 0 aromatic rings. The summed E-state index contributed by atoms with van der Waals surface area (Å²) in [5, 5.41) is 0. The second-order valence-corrected chi connectivity index (χ2v) is 4.00. The maximum atomic E-state index is 2.28. The van der Waals surface area contributed by atoms with E-state index in [1.54, 1.807) is 5.57 Å². The summed E-state index contributed by atoms with van der Waals surface area (Å²) in [5.41, 5.74) is 3.45. The molecule has 2 saturated carbocycles. The van der Waals surface area contributed by atoms with Crippen molar-refractivity contribution in [1.29, 1.82) is 0 Å². The summed E-state index contributed by atoms with van der Waals surface area (Å²) in [5.74, 6) is 2.05. The van der Waals surface area contributed by atoms with Crippen LogP contribution in [0.4, 0.5) is 0 Å². The van der Waals surface area contributed by atoms with Crippen LogP contribution in [0.1, 0.15) is 39.5 Å². The maximum absolute atomic E-state index is 2.28. The first-order chi connectivity index (χ1) is 4.79. The van der Waals surface area contributed by atoms with Crippen molar-refractivity contribution in [2.45, 2.75) is 39.5 Å². The molecule has 0 amide bonds. The van der Waals surface area contributed by atoms with Crippen LogP contribution in [-0.2, 0) is 0 Å². The quantitative estimate of drug-likeness (QED) is 0.511. The van der Waals surface area contributed by atoms with E-state index in [2.05, 4.69) is 13.8 Å². The lowest BCUT2D eigenvalue weighted by Crippen LogP contribution is -1.90. The molecule has 0 bridgehead atoms. The largest absolute Gasteiger partial charge is 0.0767 e. The van der Waals surface area contributed by atoms with Crippen LogP contribution in [0.2, 0.25) is 0 Å². The summed E-state index contributed by atoms with van der Waals surface area (Å²) in [4.78, 5) is 0. The Morgan fingerprint density at radius 2 is 1.30 bits per heavy atom. The normalized spacial score (nSPS) is 24.6. The summed E-state index contributed by atoms with van der Waals surface area (Å²) >= 11 is 0. The third-order valence-corrected chi connectivity index (χ3v) is 2.61. The highest BCUT2D eigenvalue weighted by molar-refractivity contribution is 5.24. The molecule has 56 valence electrons. The third kappa shape index (κ3) is 1.12. The molecule has 0 aromatic carbocycles. The van der Waals surface area contributed by atoms with Gasteiger partial charge in [-0.3, -0.25) is 0 Å². The molecule has 2 aliphatic carbocycles. The van der Waals surface area contributed by atoms with Crippen LogP contribution >= 0.6 is 0 Å². The van der Waals surface area contributed by atoms with Crippen molar-refractivity contribution in [2.24, 2.45) is 11.8 Å². The van der Waals surface area contributed by atoms with Gasteiger partial charge in [0.1, 0.15) is 0 Å². The summed E-state index contributed by atoms with van der Waals surface area (Å²) in [7, 11) is 0. The van der Waals surface area contributed by atoms with E-state index in [9.17, 15) is 0 Å². The Morgan fingerprint density at radius 1 is 0.900 bits per heavy atom. The topological polar surface area (TPSA) is 0 Å². The Labute approximate surface area is 63.3 Å². The summed E-state index contributed by atoms with van der Waals surface area (Å²) in [6.45, 7) is 4.57. The molecule has 0 nitrogen and oxygen atoms in total. The lowest BCUT2D eigenvalue weighted by molar-refractivity contribution is 0.832. The van der Waals surface area contributed by atoms with Crippen LogP contribution in [0.5, 0.6) is 0 Å². The van der Waals surface area contributed by atoms with Crippen LogP contribution in [-0.4, -0.2) is 0 Å². The fourth-order valence-corrected chi connectivity index (χ4v) is 1.94. The molecule has 0 unspecified atom stereocenters. The Bertz CT molecular complexity index is 150. The third-order valence-electron chi connectivity index (χ3n) is 2.61. The number of rotatable bonds is 2. The average Bonchev–Trinajstić information content (AvgIpc) is 2.49. The fourth-order valence-electron chi connectivity index (χ4n) is 1.94. The monoisotopic (exact) mass is 136 g/mol. The highest BCUT2D eigenvalue weighted by Gasteiger charge is 2.36. The van der Waals surface area contributed by atoms with Crippen LogP contribution in [0, 0.1) is 11.8 Å². The molecule has 0 aliphatic heterocycles. The molecule has 0 heterocycles. The second-order valence-electron chi connectivity index (χ2n) is 4.00. The zero-order chi connectivity index (χ0) is 7.14. The van der Waals surface area contributed by atoms with Gasteiger partial charge in [-0.1, -0.05) is 11.1 Å². The van der Waals surface area contributed by atoms with Gasteiger partial charge in [0.05, 0.1) is 0 Å². The molecule has 2 rings (SSSR count). The zero-order valence-corrected chi connectivity index (χ0v) is 6.98. The van der Waals surface area contributed by atoms with Gasteiger partial charge in [-0.05, 0) is 51.4 Å². The zero-order valence-electron chi connectivity index (χ0n) is 6.98. The van der Waals surface area contributed by atoms with Crippen LogP contribution in [0.3, 0.4) is 0 Å². The Kier molecular flexibility index (Phi) is 1.36. The number of allylic oxidation sites excluding steroid dienone is 2. The lowest BCUT2D eigenvalue weighted by Gasteiger charge is -2.05. The Balaban J connectivity index is 2.12.